The van der Waals surface area contributed by atoms with E-state index in [9.17, 15) is 23.2 Å². The van der Waals surface area contributed by atoms with E-state index in [0.717, 1.165) is 36.8 Å². The molecular weight excluding hydrogens is 516 g/mol. The van der Waals surface area contributed by atoms with Crippen LogP contribution in [0.25, 0.3) is 0 Å². The van der Waals surface area contributed by atoms with Gasteiger partial charge in [0, 0.05) is 22.5 Å². The molecule has 212 valence electrons. The summed E-state index contributed by atoms with van der Waals surface area (Å²) in [6, 6.07) is 11.9. The topological polar surface area (TPSA) is 54.5 Å². The minimum Gasteiger partial charge on any atom is -0.740 e. The first-order valence-electron chi connectivity index (χ1n) is 14.0. The Hall–Kier alpha value is -2.67. The van der Waals surface area contributed by atoms with Gasteiger partial charge < -0.3 is 22.3 Å². The number of hydrogen-bond acceptors (Lipinski definition) is 4. The largest absolute Gasteiger partial charge is 0.740 e. The maximum absolute atomic E-state index is 14.0. The zero-order valence-electron chi connectivity index (χ0n) is 23.6. The van der Waals surface area contributed by atoms with Crippen LogP contribution in [0.15, 0.2) is 48.5 Å². The molecule has 3 atom stereocenters. The molecule has 1 fully saturated rings. The molecule has 39 heavy (non-hydrogen) atoms. The number of rotatable bonds is 12. The SMILES string of the molecule is CCCC(c1ccc(F)cc1)C1(C(CCC)c2ccc(F)cc2)CC(C(=O)[S-])N(C(=O)C(=O)C(C)(C)CC)C1. The standard InChI is InChI=1S/C32H41F2NO3S/c1-6-9-25(21-11-15-23(33)16-12-21)32(26(10-7-2)22-13-17-24(34)18-14-22)19-27(30(38)39)35(20-32)29(37)28(36)31(4,5)8-3/h11-18,25-27H,6-10,19-20H2,1-5H3,(H,38,39)/p-1. The molecule has 0 saturated carbocycles. The van der Waals surface area contributed by atoms with Crippen molar-refractivity contribution >= 4 is 29.4 Å². The van der Waals surface area contributed by atoms with Crippen molar-refractivity contribution in [2.45, 2.75) is 91.0 Å². The van der Waals surface area contributed by atoms with Gasteiger partial charge in [0.05, 0.1) is 6.04 Å². The molecule has 1 amide bonds. The summed E-state index contributed by atoms with van der Waals surface area (Å²) in [7, 11) is 0. The van der Waals surface area contributed by atoms with Crippen LogP contribution in [-0.4, -0.2) is 34.3 Å². The van der Waals surface area contributed by atoms with Crippen LogP contribution in [0.1, 0.15) is 96.1 Å². The van der Waals surface area contributed by atoms with Crippen molar-refractivity contribution in [1.29, 1.82) is 0 Å². The molecule has 0 spiro atoms. The molecule has 0 aliphatic carbocycles. The van der Waals surface area contributed by atoms with Crippen LogP contribution in [-0.2, 0) is 27.0 Å². The fraction of sp³-hybridized carbons (Fsp3) is 0.531. The Kier molecular flexibility index (Phi) is 10.0. The highest BCUT2D eigenvalue weighted by Crippen LogP contribution is 2.58. The third-order valence-corrected chi connectivity index (χ3v) is 9.00. The third kappa shape index (κ3) is 6.40. The average molecular weight is 557 g/mol. The van der Waals surface area contributed by atoms with E-state index >= 15 is 0 Å². The Bertz CT molecular complexity index is 1110. The fourth-order valence-corrected chi connectivity index (χ4v) is 6.46. The van der Waals surface area contributed by atoms with Crippen molar-refractivity contribution in [2.75, 3.05) is 6.54 Å². The Labute approximate surface area is 237 Å². The zero-order valence-corrected chi connectivity index (χ0v) is 24.5. The lowest BCUT2D eigenvalue weighted by atomic mass is 9.59. The van der Waals surface area contributed by atoms with E-state index in [1.165, 1.54) is 29.2 Å². The highest BCUT2D eigenvalue weighted by Gasteiger charge is 2.56. The highest BCUT2D eigenvalue weighted by atomic mass is 32.1. The van der Waals surface area contributed by atoms with E-state index in [0.29, 0.717) is 6.42 Å². The number of benzene rings is 2. The number of ketones is 1. The first-order chi connectivity index (χ1) is 18.4. The summed E-state index contributed by atoms with van der Waals surface area (Å²) < 4.78 is 28.0. The normalized spacial score (nSPS) is 21.0. The van der Waals surface area contributed by atoms with E-state index in [1.807, 2.05) is 6.92 Å². The van der Waals surface area contributed by atoms with Gasteiger partial charge in [-0.25, -0.2) is 8.78 Å². The molecule has 0 bridgehead atoms. The lowest BCUT2D eigenvalue weighted by Crippen LogP contribution is -2.48. The predicted octanol–water partition coefficient (Wildman–Crippen LogP) is 7.10. The van der Waals surface area contributed by atoms with Crippen LogP contribution < -0.4 is 0 Å². The molecule has 0 N–H and O–H groups in total. The molecule has 2 aromatic carbocycles. The first-order valence-corrected chi connectivity index (χ1v) is 14.4. The molecule has 1 heterocycles. The van der Waals surface area contributed by atoms with Crippen molar-refractivity contribution in [1.82, 2.24) is 4.90 Å². The smallest absolute Gasteiger partial charge is 0.291 e. The second-order valence-electron chi connectivity index (χ2n) is 11.6. The molecule has 2 aromatic rings. The number of amides is 1. The molecule has 1 aliphatic heterocycles. The summed E-state index contributed by atoms with van der Waals surface area (Å²) in [5, 5.41) is -0.573. The Morgan fingerprint density at radius 2 is 1.33 bits per heavy atom. The molecule has 1 aliphatic rings. The van der Waals surface area contributed by atoms with Crippen LogP contribution in [0.3, 0.4) is 0 Å². The summed E-state index contributed by atoms with van der Waals surface area (Å²) in [4.78, 5) is 41.4. The van der Waals surface area contributed by atoms with Crippen molar-refractivity contribution in [2.24, 2.45) is 10.8 Å². The molecule has 7 heteroatoms. The molecule has 3 rings (SSSR count). The number of carbonyl (C=O) groups excluding carboxylic acids is 3. The van der Waals surface area contributed by atoms with Gasteiger partial charge in [-0.15, -0.1) is 0 Å². The van der Waals surface area contributed by atoms with Gasteiger partial charge in [-0.1, -0.05) is 71.7 Å². The molecule has 0 radical (unpaired) electrons. The minimum absolute atomic E-state index is 0.159. The Morgan fingerprint density at radius 3 is 1.69 bits per heavy atom. The average Bonchev–Trinajstić information content (AvgIpc) is 3.32. The fourth-order valence-electron chi connectivity index (χ4n) is 6.25. The van der Waals surface area contributed by atoms with Crippen LogP contribution in [0.5, 0.6) is 0 Å². The van der Waals surface area contributed by atoms with Crippen molar-refractivity contribution in [3.05, 3.63) is 71.3 Å². The quantitative estimate of drug-likeness (QED) is 0.207. The van der Waals surface area contributed by atoms with Crippen molar-refractivity contribution < 1.29 is 23.2 Å². The van der Waals surface area contributed by atoms with E-state index in [-0.39, 0.29) is 36.4 Å². The molecule has 1 saturated heterocycles. The maximum Gasteiger partial charge on any atom is 0.291 e. The van der Waals surface area contributed by atoms with Crippen LogP contribution in [0, 0.1) is 22.5 Å². The van der Waals surface area contributed by atoms with E-state index in [1.54, 1.807) is 38.1 Å². The van der Waals surface area contributed by atoms with Gasteiger partial charge in [-0.05, 0) is 72.9 Å². The van der Waals surface area contributed by atoms with E-state index < -0.39 is 33.7 Å². The Morgan fingerprint density at radius 1 is 0.897 bits per heavy atom. The van der Waals surface area contributed by atoms with E-state index in [4.69, 9.17) is 12.6 Å². The first kappa shape index (κ1) is 30.9. The van der Waals surface area contributed by atoms with Gasteiger partial charge in [-0.3, -0.25) is 9.59 Å². The molecule has 4 nitrogen and oxygen atoms in total. The van der Waals surface area contributed by atoms with Crippen molar-refractivity contribution in [3.8, 4) is 0 Å². The minimum atomic E-state index is -0.927. The number of likely N-dealkylation sites (tertiary alicyclic amines) is 1. The van der Waals surface area contributed by atoms with Crippen LogP contribution in [0.2, 0.25) is 0 Å². The van der Waals surface area contributed by atoms with Gasteiger partial charge in [-0.2, -0.15) is 0 Å². The third-order valence-electron chi connectivity index (χ3n) is 8.73. The van der Waals surface area contributed by atoms with Crippen LogP contribution >= 0.6 is 0 Å². The second-order valence-corrected chi connectivity index (χ2v) is 12.0. The summed E-state index contributed by atoms with van der Waals surface area (Å²) in [6.45, 7) is 9.62. The predicted molar refractivity (Wildman–Crippen MR) is 152 cm³/mol. The van der Waals surface area contributed by atoms with Gasteiger partial charge in [0.25, 0.3) is 5.91 Å². The number of nitrogens with zero attached hydrogens (tertiary/aromatic N) is 1. The van der Waals surface area contributed by atoms with Gasteiger partial charge in [0.15, 0.2) is 0 Å². The lowest BCUT2D eigenvalue weighted by Gasteiger charge is -2.45. The summed E-state index contributed by atoms with van der Waals surface area (Å²) >= 11 is 5.17. The lowest BCUT2D eigenvalue weighted by molar-refractivity contribution is -0.150. The molecular formula is C32H40F2NO3S-. The summed E-state index contributed by atoms with van der Waals surface area (Å²) in [5.41, 5.74) is 0.252. The number of carbonyl (C=O) groups is 3. The van der Waals surface area contributed by atoms with Gasteiger partial charge in [0.2, 0.25) is 5.78 Å². The van der Waals surface area contributed by atoms with Crippen molar-refractivity contribution in [3.63, 3.8) is 0 Å². The van der Waals surface area contributed by atoms with Gasteiger partial charge >= 0.3 is 0 Å². The maximum atomic E-state index is 14.0. The number of hydrogen-bond donors (Lipinski definition) is 0. The molecule has 0 aromatic heterocycles. The highest BCUT2D eigenvalue weighted by molar-refractivity contribution is 7.77. The number of halogens is 2. The van der Waals surface area contributed by atoms with E-state index in [2.05, 4.69) is 13.8 Å². The Balaban J connectivity index is 2.26. The molecule has 3 unspecified atom stereocenters. The summed E-state index contributed by atoms with van der Waals surface area (Å²) in [5.74, 6) is -2.23. The summed E-state index contributed by atoms with van der Waals surface area (Å²) in [6.07, 6.45) is 3.84. The van der Waals surface area contributed by atoms with Gasteiger partial charge in [0.1, 0.15) is 11.6 Å². The van der Waals surface area contributed by atoms with Crippen LogP contribution in [0.4, 0.5) is 8.78 Å². The second kappa shape index (κ2) is 12.7. The monoisotopic (exact) mass is 556 g/mol. The number of Topliss-reactive ketones (excluding diaryl/α,β-unsaturated/α-hetero) is 1. The zero-order chi connectivity index (χ0) is 29.0.